The van der Waals surface area contributed by atoms with Gasteiger partial charge in [0.25, 0.3) is 0 Å². The van der Waals surface area contributed by atoms with Crippen molar-refractivity contribution in [2.24, 2.45) is 11.8 Å². The van der Waals surface area contributed by atoms with Crippen LogP contribution in [0.1, 0.15) is 73.1 Å². The van der Waals surface area contributed by atoms with Crippen molar-refractivity contribution in [3.63, 3.8) is 0 Å². The fourth-order valence-electron chi connectivity index (χ4n) is 2.80. The molecule has 1 rings (SSSR count). The molecule has 0 radical (unpaired) electrons. The van der Waals surface area contributed by atoms with E-state index in [1.165, 1.54) is 16.7 Å². The lowest BCUT2D eigenvalue weighted by atomic mass is 9.92. The lowest BCUT2D eigenvalue weighted by molar-refractivity contribution is -0.119. The van der Waals surface area contributed by atoms with E-state index in [0.717, 1.165) is 32.1 Å². The molecule has 0 saturated heterocycles. The summed E-state index contributed by atoms with van der Waals surface area (Å²) in [6, 6.07) is 0. The third kappa shape index (κ3) is 7.45. The van der Waals surface area contributed by atoms with E-state index in [2.05, 4.69) is 52.8 Å². The topological polar surface area (TPSA) is 17.1 Å². The van der Waals surface area contributed by atoms with Gasteiger partial charge in [-0.15, -0.1) is 0 Å². The molecule has 0 heterocycles. The van der Waals surface area contributed by atoms with Gasteiger partial charge in [0.15, 0.2) is 0 Å². The number of carbonyl (C=O) groups is 1. The SMILES string of the molecule is C/C1=C\CC[C@@H](C)CC(=O)C/C(C)=C/C=C(/C(C)C)CC1. The Morgan fingerprint density at radius 1 is 1.10 bits per heavy atom. The van der Waals surface area contributed by atoms with Crippen LogP contribution in [0, 0.1) is 11.8 Å². The first-order chi connectivity index (χ1) is 9.88. The Balaban J connectivity index is 2.91. The minimum absolute atomic E-state index is 0.383. The number of hydrogen-bond donors (Lipinski definition) is 0. The summed E-state index contributed by atoms with van der Waals surface area (Å²) >= 11 is 0. The highest BCUT2D eigenvalue weighted by molar-refractivity contribution is 5.80. The molecule has 1 aliphatic carbocycles. The molecule has 118 valence electrons. The Kier molecular flexibility index (Phi) is 7.71. The van der Waals surface area contributed by atoms with Gasteiger partial charge in [-0.3, -0.25) is 4.79 Å². The summed E-state index contributed by atoms with van der Waals surface area (Å²) in [7, 11) is 0. The zero-order valence-electron chi connectivity index (χ0n) is 14.5. The van der Waals surface area contributed by atoms with Crippen LogP contribution >= 0.6 is 0 Å². The maximum absolute atomic E-state index is 12.1. The van der Waals surface area contributed by atoms with E-state index >= 15 is 0 Å². The summed E-state index contributed by atoms with van der Waals surface area (Å²) in [5.74, 6) is 1.46. The molecular weight excluding hydrogens is 256 g/mol. The molecule has 0 unspecified atom stereocenters. The second kappa shape index (κ2) is 9.02. The van der Waals surface area contributed by atoms with Crippen LogP contribution < -0.4 is 0 Å². The van der Waals surface area contributed by atoms with Gasteiger partial charge in [-0.25, -0.2) is 0 Å². The van der Waals surface area contributed by atoms with E-state index in [4.69, 9.17) is 0 Å². The Morgan fingerprint density at radius 2 is 1.81 bits per heavy atom. The first-order valence-electron chi connectivity index (χ1n) is 8.42. The highest BCUT2D eigenvalue weighted by Crippen LogP contribution is 2.22. The molecular formula is C20H32O. The van der Waals surface area contributed by atoms with Crippen molar-refractivity contribution < 1.29 is 4.79 Å². The fourth-order valence-corrected chi connectivity index (χ4v) is 2.80. The minimum atomic E-state index is 0.383. The quantitative estimate of drug-likeness (QED) is 0.539. The minimum Gasteiger partial charge on any atom is -0.299 e. The molecule has 0 aromatic rings. The van der Waals surface area contributed by atoms with Crippen LogP contribution in [-0.2, 0) is 4.79 Å². The van der Waals surface area contributed by atoms with E-state index in [0.29, 0.717) is 24.0 Å². The van der Waals surface area contributed by atoms with E-state index < -0.39 is 0 Å². The van der Waals surface area contributed by atoms with Gasteiger partial charge in [0, 0.05) is 12.8 Å². The standard InChI is InChI=1S/C20H32O/c1-15(2)19-11-9-16(3)7-6-8-17(4)13-20(21)14-18(5)10-12-19/h7,10,12,15,17H,6,8-9,11,13-14H2,1-5H3/b16-7+,18-10+,19-12+/t17-/m1/s1. The third-order valence-electron chi connectivity index (χ3n) is 4.34. The average molecular weight is 288 g/mol. The summed E-state index contributed by atoms with van der Waals surface area (Å²) in [5, 5.41) is 0. The van der Waals surface area contributed by atoms with Gasteiger partial charge in [-0.05, 0) is 51.4 Å². The number of carbonyl (C=O) groups excluding carboxylic acids is 1. The third-order valence-corrected chi connectivity index (χ3v) is 4.34. The molecule has 0 aromatic heterocycles. The van der Waals surface area contributed by atoms with Crippen LogP contribution in [0.5, 0.6) is 0 Å². The zero-order valence-corrected chi connectivity index (χ0v) is 14.5. The Morgan fingerprint density at radius 3 is 2.48 bits per heavy atom. The molecule has 0 fully saturated rings. The molecule has 1 nitrogen and oxygen atoms in total. The monoisotopic (exact) mass is 288 g/mol. The number of allylic oxidation sites excluding steroid dienone is 6. The molecule has 1 aliphatic rings. The second-order valence-corrected chi connectivity index (χ2v) is 7.06. The van der Waals surface area contributed by atoms with Crippen LogP contribution in [-0.4, -0.2) is 5.78 Å². The molecule has 1 atom stereocenters. The van der Waals surface area contributed by atoms with Gasteiger partial charge >= 0.3 is 0 Å². The number of Topliss-reactive ketones (excluding diaryl/α,β-unsaturated/α-hetero) is 1. The van der Waals surface area contributed by atoms with Gasteiger partial charge in [0.2, 0.25) is 0 Å². The van der Waals surface area contributed by atoms with Crippen molar-refractivity contribution >= 4 is 5.78 Å². The average Bonchev–Trinajstić information content (AvgIpc) is 2.36. The molecule has 0 N–H and O–H groups in total. The maximum Gasteiger partial charge on any atom is 0.137 e. The number of hydrogen-bond acceptors (Lipinski definition) is 1. The van der Waals surface area contributed by atoms with Crippen molar-refractivity contribution in [3.8, 4) is 0 Å². The first kappa shape index (κ1) is 17.9. The van der Waals surface area contributed by atoms with Crippen molar-refractivity contribution in [2.75, 3.05) is 0 Å². The van der Waals surface area contributed by atoms with Gasteiger partial charge in [-0.1, -0.05) is 55.7 Å². The normalized spacial score (nSPS) is 30.7. The highest BCUT2D eigenvalue weighted by Gasteiger charge is 2.10. The Bertz CT molecular complexity index is 435. The molecule has 1 heteroatoms. The summed E-state index contributed by atoms with van der Waals surface area (Å²) in [5.41, 5.74) is 4.16. The molecule has 0 aliphatic heterocycles. The van der Waals surface area contributed by atoms with Crippen LogP contribution in [0.15, 0.2) is 34.9 Å². The first-order valence-corrected chi connectivity index (χ1v) is 8.42. The zero-order chi connectivity index (χ0) is 15.8. The smallest absolute Gasteiger partial charge is 0.137 e. The van der Waals surface area contributed by atoms with E-state index in [-0.39, 0.29) is 0 Å². The number of rotatable bonds is 1. The molecule has 0 aromatic carbocycles. The Hall–Kier alpha value is -1.11. The predicted octanol–water partition coefficient (Wildman–Crippen LogP) is 6.02. The van der Waals surface area contributed by atoms with Gasteiger partial charge in [0.05, 0.1) is 0 Å². The molecule has 0 bridgehead atoms. The summed E-state index contributed by atoms with van der Waals surface area (Å²) < 4.78 is 0. The van der Waals surface area contributed by atoms with E-state index in [1.807, 2.05) is 0 Å². The van der Waals surface area contributed by atoms with Crippen LogP contribution in [0.4, 0.5) is 0 Å². The summed E-state index contributed by atoms with van der Waals surface area (Å²) in [4.78, 5) is 12.1. The van der Waals surface area contributed by atoms with Crippen LogP contribution in [0.3, 0.4) is 0 Å². The van der Waals surface area contributed by atoms with Gasteiger partial charge in [0.1, 0.15) is 5.78 Å². The van der Waals surface area contributed by atoms with Crippen molar-refractivity contribution in [1.82, 2.24) is 0 Å². The van der Waals surface area contributed by atoms with Crippen LogP contribution in [0.25, 0.3) is 0 Å². The largest absolute Gasteiger partial charge is 0.299 e. The van der Waals surface area contributed by atoms with Gasteiger partial charge in [-0.2, -0.15) is 0 Å². The van der Waals surface area contributed by atoms with E-state index in [9.17, 15) is 4.79 Å². The van der Waals surface area contributed by atoms with Crippen molar-refractivity contribution in [2.45, 2.75) is 73.1 Å². The van der Waals surface area contributed by atoms with Crippen molar-refractivity contribution in [3.05, 3.63) is 34.9 Å². The molecule has 0 spiro atoms. The maximum atomic E-state index is 12.1. The Labute approximate surface area is 131 Å². The lowest BCUT2D eigenvalue weighted by Gasteiger charge is -2.13. The van der Waals surface area contributed by atoms with Gasteiger partial charge < -0.3 is 0 Å². The predicted molar refractivity (Wildman–Crippen MR) is 92.3 cm³/mol. The summed E-state index contributed by atoms with van der Waals surface area (Å²) in [6.45, 7) is 11.0. The van der Waals surface area contributed by atoms with Crippen LogP contribution in [0.2, 0.25) is 0 Å². The fraction of sp³-hybridized carbons (Fsp3) is 0.650. The number of ketones is 1. The molecule has 21 heavy (non-hydrogen) atoms. The molecule has 0 saturated carbocycles. The second-order valence-electron chi connectivity index (χ2n) is 7.06. The lowest BCUT2D eigenvalue weighted by Crippen LogP contribution is -2.06. The summed E-state index contributed by atoms with van der Waals surface area (Å²) in [6.07, 6.45) is 12.6. The molecule has 0 amide bonds. The van der Waals surface area contributed by atoms with E-state index in [1.54, 1.807) is 0 Å². The van der Waals surface area contributed by atoms with Crippen molar-refractivity contribution in [1.29, 1.82) is 0 Å². The highest BCUT2D eigenvalue weighted by atomic mass is 16.1.